The molecule has 0 saturated heterocycles. The lowest BCUT2D eigenvalue weighted by Gasteiger charge is -2.39. The van der Waals surface area contributed by atoms with Gasteiger partial charge in [-0.25, -0.2) is 4.79 Å². The zero-order valence-electron chi connectivity index (χ0n) is 13.7. The molecule has 126 valence electrons. The van der Waals surface area contributed by atoms with Crippen LogP contribution < -0.4 is 5.32 Å². The van der Waals surface area contributed by atoms with E-state index in [1.54, 1.807) is 0 Å². The Labute approximate surface area is 137 Å². The van der Waals surface area contributed by atoms with Gasteiger partial charge in [0, 0.05) is 5.41 Å². The Morgan fingerprint density at radius 1 is 1.30 bits per heavy atom. The third-order valence-corrected chi connectivity index (χ3v) is 4.66. The number of aliphatic hydroxyl groups excluding tert-OH is 1. The molecule has 2 rings (SSSR count). The Balaban J connectivity index is 1.74. The third kappa shape index (κ3) is 4.55. The second-order valence-electron chi connectivity index (χ2n) is 6.67. The fraction of sp³-hybridized carbons (Fsp3) is 0.556. The zero-order chi connectivity index (χ0) is 16.9. The second-order valence-corrected chi connectivity index (χ2v) is 6.67. The molecule has 23 heavy (non-hydrogen) atoms. The number of benzene rings is 1. The summed E-state index contributed by atoms with van der Waals surface area (Å²) >= 11 is 0. The molecule has 5 nitrogen and oxygen atoms in total. The maximum Gasteiger partial charge on any atom is 0.337 e. The van der Waals surface area contributed by atoms with Crippen molar-refractivity contribution in [2.24, 2.45) is 11.3 Å². The van der Waals surface area contributed by atoms with Gasteiger partial charge < -0.3 is 15.2 Å². The van der Waals surface area contributed by atoms with E-state index < -0.39 is 17.5 Å². The van der Waals surface area contributed by atoms with E-state index in [1.807, 2.05) is 44.2 Å². The SMILES string of the molecule is CC(C)(C(=O)NC[C@H](O)C(=O)OCc1ccccc1)C1CCC1. The number of carbonyl (C=O) groups excluding carboxylic acids is 2. The fourth-order valence-corrected chi connectivity index (χ4v) is 2.64. The molecule has 0 aliphatic heterocycles. The Bertz CT molecular complexity index is 537. The zero-order valence-corrected chi connectivity index (χ0v) is 13.7. The number of carbonyl (C=O) groups is 2. The standard InChI is InChI=1S/C18H25NO4/c1-18(2,14-9-6-10-14)17(22)19-11-15(20)16(21)23-12-13-7-4-3-5-8-13/h3-5,7-8,14-15,20H,6,9-12H2,1-2H3,(H,19,22)/t15-/m0/s1. The smallest absolute Gasteiger partial charge is 0.337 e. The summed E-state index contributed by atoms with van der Waals surface area (Å²) in [6, 6.07) is 9.25. The van der Waals surface area contributed by atoms with E-state index in [9.17, 15) is 14.7 Å². The summed E-state index contributed by atoms with van der Waals surface area (Å²) in [5, 5.41) is 12.5. The largest absolute Gasteiger partial charge is 0.459 e. The summed E-state index contributed by atoms with van der Waals surface area (Å²) in [6.45, 7) is 3.80. The lowest BCUT2D eigenvalue weighted by atomic mass is 9.67. The average Bonchev–Trinajstić information content (AvgIpc) is 2.48. The van der Waals surface area contributed by atoms with Crippen LogP contribution in [0.4, 0.5) is 0 Å². The monoisotopic (exact) mass is 319 g/mol. The van der Waals surface area contributed by atoms with Crippen LogP contribution in [0.3, 0.4) is 0 Å². The molecular weight excluding hydrogens is 294 g/mol. The first-order valence-electron chi connectivity index (χ1n) is 8.08. The van der Waals surface area contributed by atoms with E-state index in [2.05, 4.69) is 5.32 Å². The Morgan fingerprint density at radius 2 is 1.96 bits per heavy atom. The van der Waals surface area contributed by atoms with Crippen LogP contribution in [0.5, 0.6) is 0 Å². The van der Waals surface area contributed by atoms with Crippen LogP contribution in [0, 0.1) is 11.3 Å². The lowest BCUT2D eigenvalue weighted by molar-refractivity contribution is -0.155. The molecule has 1 atom stereocenters. The van der Waals surface area contributed by atoms with E-state index >= 15 is 0 Å². The van der Waals surface area contributed by atoms with E-state index in [0.29, 0.717) is 5.92 Å². The third-order valence-electron chi connectivity index (χ3n) is 4.66. The molecular formula is C18H25NO4. The summed E-state index contributed by atoms with van der Waals surface area (Å²) in [5.74, 6) is -0.475. The van der Waals surface area contributed by atoms with Crippen LogP contribution in [-0.2, 0) is 20.9 Å². The van der Waals surface area contributed by atoms with Crippen LogP contribution in [0.25, 0.3) is 0 Å². The number of hydrogen-bond acceptors (Lipinski definition) is 4. The van der Waals surface area contributed by atoms with Gasteiger partial charge in [0.15, 0.2) is 6.10 Å². The summed E-state index contributed by atoms with van der Waals surface area (Å²) in [4.78, 5) is 24.0. The molecule has 0 spiro atoms. The quantitative estimate of drug-likeness (QED) is 0.754. The molecule has 1 aromatic carbocycles. The summed E-state index contributed by atoms with van der Waals surface area (Å²) in [5.41, 5.74) is 0.384. The number of ether oxygens (including phenoxy) is 1. The fourth-order valence-electron chi connectivity index (χ4n) is 2.64. The molecule has 1 fully saturated rings. The summed E-state index contributed by atoms with van der Waals surface area (Å²) in [6.07, 6.45) is 1.93. The minimum Gasteiger partial charge on any atom is -0.459 e. The van der Waals surface area contributed by atoms with Gasteiger partial charge in [-0.3, -0.25) is 4.79 Å². The number of rotatable bonds is 7. The van der Waals surface area contributed by atoms with Gasteiger partial charge in [0.2, 0.25) is 5.91 Å². The van der Waals surface area contributed by atoms with Gasteiger partial charge >= 0.3 is 5.97 Å². The van der Waals surface area contributed by atoms with Gasteiger partial charge in [0.1, 0.15) is 6.61 Å². The lowest BCUT2D eigenvalue weighted by Crippen LogP contribution is -2.47. The van der Waals surface area contributed by atoms with Crippen molar-refractivity contribution < 1.29 is 19.4 Å². The van der Waals surface area contributed by atoms with Crippen molar-refractivity contribution in [3.8, 4) is 0 Å². The van der Waals surface area contributed by atoms with Gasteiger partial charge in [0.25, 0.3) is 0 Å². The Morgan fingerprint density at radius 3 is 2.52 bits per heavy atom. The number of aliphatic hydroxyl groups is 1. The highest BCUT2D eigenvalue weighted by molar-refractivity contribution is 5.83. The van der Waals surface area contributed by atoms with Crippen LogP contribution >= 0.6 is 0 Å². The first kappa shape index (κ1) is 17.5. The number of hydrogen-bond donors (Lipinski definition) is 2. The first-order valence-corrected chi connectivity index (χ1v) is 8.08. The molecule has 0 bridgehead atoms. The van der Waals surface area contributed by atoms with Crippen molar-refractivity contribution in [3.63, 3.8) is 0 Å². The molecule has 0 heterocycles. The number of esters is 1. The maximum absolute atomic E-state index is 12.2. The van der Waals surface area contributed by atoms with Crippen LogP contribution in [0.15, 0.2) is 30.3 Å². The maximum atomic E-state index is 12.2. The highest BCUT2D eigenvalue weighted by atomic mass is 16.5. The summed E-state index contributed by atoms with van der Waals surface area (Å²) in [7, 11) is 0. The van der Waals surface area contributed by atoms with Gasteiger partial charge in [-0.2, -0.15) is 0 Å². The van der Waals surface area contributed by atoms with Crippen molar-refractivity contribution in [2.75, 3.05) is 6.54 Å². The van der Waals surface area contributed by atoms with Crippen molar-refractivity contribution in [1.29, 1.82) is 0 Å². The highest BCUT2D eigenvalue weighted by Gasteiger charge is 2.40. The average molecular weight is 319 g/mol. The van der Waals surface area contributed by atoms with Gasteiger partial charge in [-0.05, 0) is 24.3 Å². The number of amides is 1. The van der Waals surface area contributed by atoms with Gasteiger partial charge in [-0.15, -0.1) is 0 Å². The molecule has 1 aromatic rings. The molecule has 0 unspecified atom stereocenters. The van der Waals surface area contributed by atoms with Crippen LogP contribution in [0.1, 0.15) is 38.7 Å². The van der Waals surface area contributed by atoms with Gasteiger partial charge in [0.05, 0.1) is 6.54 Å². The first-order chi connectivity index (χ1) is 10.9. The molecule has 5 heteroatoms. The van der Waals surface area contributed by atoms with Crippen LogP contribution in [0.2, 0.25) is 0 Å². The molecule has 2 N–H and O–H groups in total. The van der Waals surface area contributed by atoms with E-state index in [-0.39, 0.29) is 19.1 Å². The van der Waals surface area contributed by atoms with Crippen molar-refractivity contribution in [1.82, 2.24) is 5.32 Å². The predicted molar refractivity (Wildman–Crippen MR) is 86.4 cm³/mol. The normalized spacial score (nSPS) is 16.3. The molecule has 0 aromatic heterocycles. The van der Waals surface area contributed by atoms with Crippen LogP contribution in [-0.4, -0.2) is 29.6 Å². The summed E-state index contributed by atoms with van der Waals surface area (Å²) < 4.78 is 5.05. The Hall–Kier alpha value is -1.88. The molecule has 1 aliphatic rings. The van der Waals surface area contributed by atoms with Crippen molar-refractivity contribution in [2.45, 2.75) is 45.8 Å². The topological polar surface area (TPSA) is 75.6 Å². The Kier molecular flexibility index (Phi) is 5.77. The van der Waals surface area contributed by atoms with E-state index in [1.165, 1.54) is 0 Å². The molecule has 1 aliphatic carbocycles. The van der Waals surface area contributed by atoms with E-state index in [0.717, 1.165) is 24.8 Å². The molecule has 0 radical (unpaired) electrons. The van der Waals surface area contributed by atoms with Crippen molar-refractivity contribution >= 4 is 11.9 Å². The van der Waals surface area contributed by atoms with Gasteiger partial charge in [-0.1, -0.05) is 50.6 Å². The highest BCUT2D eigenvalue weighted by Crippen LogP contribution is 2.41. The minimum atomic E-state index is -1.35. The minimum absolute atomic E-state index is 0.109. The second kappa shape index (κ2) is 7.59. The predicted octanol–water partition coefficient (Wildman–Crippen LogP) is 2.03. The molecule has 1 saturated carbocycles. The van der Waals surface area contributed by atoms with Crippen molar-refractivity contribution in [3.05, 3.63) is 35.9 Å². The number of nitrogens with one attached hydrogen (secondary N) is 1. The molecule has 1 amide bonds. The van der Waals surface area contributed by atoms with E-state index in [4.69, 9.17) is 4.74 Å².